The van der Waals surface area contributed by atoms with E-state index in [0.29, 0.717) is 68.6 Å². The SMILES string of the molecule is O=C(NCCOCCOCCNc1nc(NCC2CCCCC2)nc(Oc2ccccc2)n1)c1ccccc1. The first-order valence-corrected chi connectivity index (χ1v) is 13.7. The Morgan fingerprint density at radius 2 is 1.38 bits per heavy atom. The van der Waals surface area contributed by atoms with E-state index >= 15 is 0 Å². The van der Waals surface area contributed by atoms with Gasteiger partial charge >= 0.3 is 6.01 Å². The first-order chi connectivity index (χ1) is 19.3. The number of benzene rings is 2. The molecule has 3 aromatic rings. The molecule has 1 heterocycles. The summed E-state index contributed by atoms with van der Waals surface area (Å²) in [5, 5.41) is 9.40. The Labute approximate surface area is 229 Å². The minimum absolute atomic E-state index is 0.107. The van der Waals surface area contributed by atoms with Crippen LogP contribution in [-0.2, 0) is 9.47 Å². The molecule has 0 radical (unpaired) electrons. The molecule has 4 rings (SSSR count). The highest BCUT2D eigenvalue weighted by atomic mass is 16.5. The van der Waals surface area contributed by atoms with Crippen molar-refractivity contribution >= 4 is 17.8 Å². The molecule has 1 aromatic heterocycles. The Balaban J connectivity index is 1.15. The zero-order valence-corrected chi connectivity index (χ0v) is 22.3. The molecule has 1 aliphatic carbocycles. The van der Waals surface area contributed by atoms with Gasteiger partial charge in [-0.2, -0.15) is 15.0 Å². The first-order valence-electron chi connectivity index (χ1n) is 13.7. The van der Waals surface area contributed by atoms with Crippen LogP contribution in [0.5, 0.6) is 11.8 Å². The van der Waals surface area contributed by atoms with E-state index in [-0.39, 0.29) is 11.9 Å². The van der Waals surface area contributed by atoms with Crippen LogP contribution in [0.2, 0.25) is 0 Å². The van der Waals surface area contributed by atoms with Gasteiger partial charge in [0.25, 0.3) is 5.91 Å². The summed E-state index contributed by atoms with van der Waals surface area (Å²) in [4.78, 5) is 25.4. The summed E-state index contributed by atoms with van der Waals surface area (Å²) in [6.07, 6.45) is 6.37. The van der Waals surface area contributed by atoms with Gasteiger partial charge in [-0.1, -0.05) is 55.7 Å². The van der Waals surface area contributed by atoms with Crippen molar-refractivity contribution in [1.29, 1.82) is 0 Å². The van der Waals surface area contributed by atoms with Gasteiger partial charge in [-0.3, -0.25) is 4.79 Å². The number of ether oxygens (including phenoxy) is 3. The monoisotopic (exact) mass is 534 g/mol. The standard InChI is InChI=1S/C29H38N6O4/c36-26(24-12-6-2-7-13-24)30-16-18-37-20-21-38-19-17-31-27-33-28(32-22-23-10-4-1-5-11-23)35-29(34-27)39-25-14-8-3-9-15-25/h2-3,6-9,12-15,23H,1,4-5,10-11,16-22H2,(H,30,36)(H2,31,32,33,34,35). The molecular weight excluding hydrogens is 496 g/mol. The summed E-state index contributed by atoms with van der Waals surface area (Å²) in [6, 6.07) is 18.8. The summed E-state index contributed by atoms with van der Waals surface area (Å²) in [5.74, 6) is 2.12. The minimum Gasteiger partial charge on any atom is -0.424 e. The first kappa shape index (κ1) is 28.3. The topological polar surface area (TPSA) is 120 Å². The fourth-order valence-electron chi connectivity index (χ4n) is 4.27. The van der Waals surface area contributed by atoms with Crippen LogP contribution >= 0.6 is 0 Å². The zero-order valence-electron chi connectivity index (χ0n) is 22.3. The molecule has 0 unspecified atom stereocenters. The lowest BCUT2D eigenvalue weighted by molar-refractivity contribution is 0.0519. The molecule has 1 saturated carbocycles. The van der Waals surface area contributed by atoms with E-state index in [1.165, 1.54) is 32.1 Å². The van der Waals surface area contributed by atoms with Crippen LogP contribution < -0.4 is 20.7 Å². The number of amides is 1. The van der Waals surface area contributed by atoms with Gasteiger partial charge in [0, 0.05) is 25.2 Å². The molecule has 208 valence electrons. The third-order valence-electron chi connectivity index (χ3n) is 6.31. The van der Waals surface area contributed by atoms with E-state index in [1.54, 1.807) is 12.1 Å². The van der Waals surface area contributed by atoms with Crippen LogP contribution in [0.4, 0.5) is 11.9 Å². The number of nitrogens with one attached hydrogen (secondary N) is 3. The lowest BCUT2D eigenvalue weighted by Gasteiger charge is -2.21. The zero-order chi connectivity index (χ0) is 27.0. The fourth-order valence-corrected chi connectivity index (χ4v) is 4.27. The van der Waals surface area contributed by atoms with Crippen LogP contribution in [0.15, 0.2) is 60.7 Å². The molecule has 0 atom stereocenters. The maximum absolute atomic E-state index is 12.0. The molecule has 39 heavy (non-hydrogen) atoms. The normalized spacial score (nSPS) is 13.5. The summed E-state index contributed by atoms with van der Waals surface area (Å²) in [6.45, 7) is 3.57. The number of nitrogens with zero attached hydrogens (tertiary/aromatic N) is 3. The quantitative estimate of drug-likeness (QED) is 0.228. The van der Waals surface area contributed by atoms with Crippen LogP contribution in [0.3, 0.4) is 0 Å². The van der Waals surface area contributed by atoms with Crippen LogP contribution in [-0.4, -0.2) is 66.9 Å². The second-order valence-electron chi connectivity index (χ2n) is 9.34. The average Bonchev–Trinajstić information content (AvgIpc) is 2.98. The van der Waals surface area contributed by atoms with Gasteiger partial charge in [-0.25, -0.2) is 0 Å². The van der Waals surface area contributed by atoms with Crippen molar-refractivity contribution in [2.24, 2.45) is 5.92 Å². The fraction of sp³-hybridized carbons (Fsp3) is 0.448. The van der Waals surface area contributed by atoms with Gasteiger partial charge in [0.15, 0.2) is 0 Å². The van der Waals surface area contributed by atoms with Gasteiger partial charge in [0.05, 0.1) is 26.4 Å². The number of para-hydroxylation sites is 1. The average molecular weight is 535 g/mol. The van der Waals surface area contributed by atoms with Crippen LogP contribution in [0.25, 0.3) is 0 Å². The van der Waals surface area contributed by atoms with Crippen molar-refractivity contribution in [3.63, 3.8) is 0 Å². The summed E-state index contributed by atoms with van der Waals surface area (Å²) < 4.78 is 17.0. The molecule has 1 amide bonds. The van der Waals surface area contributed by atoms with E-state index in [0.717, 1.165) is 6.54 Å². The van der Waals surface area contributed by atoms with Crippen molar-refractivity contribution < 1.29 is 19.0 Å². The molecule has 0 saturated heterocycles. The molecule has 1 fully saturated rings. The molecule has 0 bridgehead atoms. The largest absolute Gasteiger partial charge is 0.424 e. The number of rotatable bonds is 16. The highest BCUT2D eigenvalue weighted by Gasteiger charge is 2.15. The predicted octanol–water partition coefficient (Wildman–Crippen LogP) is 4.53. The third-order valence-corrected chi connectivity index (χ3v) is 6.31. The summed E-state index contributed by atoms with van der Waals surface area (Å²) >= 11 is 0. The van der Waals surface area contributed by atoms with Crippen molar-refractivity contribution in [2.45, 2.75) is 32.1 Å². The second kappa shape index (κ2) is 16.3. The summed E-state index contributed by atoms with van der Waals surface area (Å²) in [7, 11) is 0. The Hall–Kier alpha value is -3.76. The maximum atomic E-state index is 12.0. The Bertz CT molecular complexity index is 1110. The molecule has 0 spiro atoms. The molecule has 2 aromatic carbocycles. The number of aromatic nitrogens is 3. The van der Waals surface area contributed by atoms with Crippen molar-refractivity contribution in [3.05, 3.63) is 66.2 Å². The van der Waals surface area contributed by atoms with E-state index in [4.69, 9.17) is 14.2 Å². The van der Waals surface area contributed by atoms with E-state index in [2.05, 4.69) is 30.9 Å². The number of anilines is 2. The number of carbonyl (C=O) groups is 1. The molecular formula is C29H38N6O4. The minimum atomic E-state index is -0.107. The van der Waals surface area contributed by atoms with Crippen molar-refractivity contribution in [1.82, 2.24) is 20.3 Å². The van der Waals surface area contributed by atoms with E-state index in [9.17, 15) is 4.79 Å². The highest BCUT2D eigenvalue weighted by Crippen LogP contribution is 2.24. The molecule has 10 heteroatoms. The van der Waals surface area contributed by atoms with Crippen LogP contribution in [0.1, 0.15) is 42.5 Å². The third kappa shape index (κ3) is 10.5. The van der Waals surface area contributed by atoms with Crippen molar-refractivity contribution in [3.8, 4) is 11.8 Å². The Kier molecular flexibility index (Phi) is 11.8. The number of hydrogen-bond acceptors (Lipinski definition) is 9. The summed E-state index contributed by atoms with van der Waals surface area (Å²) in [5.41, 5.74) is 0.636. The predicted molar refractivity (Wildman–Crippen MR) is 150 cm³/mol. The lowest BCUT2D eigenvalue weighted by atomic mass is 9.89. The van der Waals surface area contributed by atoms with E-state index in [1.807, 2.05) is 48.5 Å². The molecule has 1 aliphatic rings. The van der Waals surface area contributed by atoms with Gasteiger partial charge in [0.2, 0.25) is 11.9 Å². The van der Waals surface area contributed by atoms with Gasteiger partial charge < -0.3 is 30.2 Å². The Morgan fingerprint density at radius 1 is 0.744 bits per heavy atom. The van der Waals surface area contributed by atoms with Gasteiger partial charge in [-0.05, 0) is 43.0 Å². The maximum Gasteiger partial charge on any atom is 0.328 e. The van der Waals surface area contributed by atoms with Gasteiger partial charge in [-0.15, -0.1) is 0 Å². The van der Waals surface area contributed by atoms with Gasteiger partial charge in [0.1, 0.15) is 5.75 Å². The lowest BCUT2D eigenvalue weighted by Crippen LogP contribution is -2.27. The molecule has 3 N–H and O–H groups in total. The highest BCUT2D eigenvalue weighted by molar-refractivity contribution is 5.94. The molecule has 0 aliphatic heterocycles. The smallest absolute Gasteiger partial charge is 0.328 e. The Morgan fingerprint density at radius 3 is 2.10 bits per heavy atom. The number of hydrogen-bond donors (Lipinski definition) is 3. The van der Waals surface area contributed by atoms with E-state index < -0.39 is 0 Å². The number of carbonyl (C=O) groups excluding carboxylic acids is 1. The van der Waals surface area contributed by atoms with Crippen LogP contribution in [0, 0.1) is 5.92 Å². The second-order valence-corrected chi connectivity index (χ2v) is 9.34. The molecule has 10 nitrogen and oxygen atoms in total. The van der Waals surface area contributed by atoms with Crippen molar-refractivity contribution in [2.75, 3.05) is 56.7 Å².